The van der Waals surface area contributed by atoms with E-state index in [1.54, 1.807) is 17.8 Å². The first kappa shape index (κ1) is 14.8. The lowest BCUT2D eigenvalue weighted by Crippen LogP contribution is -2.29. The van der Waals surface area contributed by atoms with Crippen LogP contribution in [0.2, 0.25) is 0 Å². The third-order valence-electron chi connectivity index (χ3n) is 3.47. The first-order chi connectivity index (χ1) is 10.6. The van der Waals surface area contributed by atoms with Crippen LogP contribution in [-0.2, 0) is 4.79 Å². The molecule has 0 saturated heterocycles. The van der Waals surface area contributed by atoms with Crippen LogP contribution in [-0.4, -0.2) is 23.6 Å². The van der Waals surface area contributed by atoms with Crippen molar-refractivity contribution in [3.8, 4) is 0 Å². The number of allylic oxidation sites excluding steroid dienone is 3. The van der Waals surface area contributed by atoms with Crippen molar-refractivity contribution in [2.75, 3.05) is 6.54 Å². The Morgan fingerprint density at radius 1 is 1.32 bits per heavy atom. The first-order valence-electron chi connectivity index (χ1n) is 7.03. The Morgan fingerprint density at radius 2 is 2.09 bits per heavy atom. The topological polar surface area (TPSA) is 58.2 Å². The van der Waals surface area contributed by atoms with Crippen molar-refractivity contribution in [2.24, 2.45) is 0 Å². The summed E-state index contributed by atoms with van der Waals surface area (Å²) in [6.07, 6.45) is 4.60. The van der Waals surface area contributed by atoms with Crippen molar-refractivity contribution in [3.63, 3.8) is 0 Å². The van der Waals surface area contributed by atoms with Gasteiger partial charge in [0.2, 0.25) is 0 Å². The molecule has 1 aliphatic heterocycles. The molecule has 1 aromatic rings. The second-order valence-electron chi connectivity index (χ2n) is 5.12. The van der Waals surface area contributed by atoms with Crippen LogP contribution < -0.4 is 10.6 Å². The largest absolute Gasteiger partial charge is 0.372 e. The number of ketones is 1. The Hall–Kier alpha value is -2.08. The monoisotopic (exact) mass is 318 g/mol. The first-order valence-corrected chi connectivity index (χ1v) is 7.91. The number of rotatable bonds is 4. The van der Waals surface area contributed by atoms with Crippen LogP contribution in [0, 0.1) is 5.82 Å². The molecule has 1 aliphatic carbocycles. The molecule has 0 radical (unpaired) electrons. The lowest BCUT2D eigenvalue weighted by Gasteiger charge is -2.12. The standard InChI is InChI=1S/C16H15FN2O2S/c17-11-3-1-10(2-4-11)16(21)18-8-7-15-19-13-6-5-12(20)9-14(13)22-15/h1-6,15,19H,7-9H2,(H,18,21). The lowest BCUT2D eigenvalue weighted by atomic mass is 10.1. The van der Waals surface area contributed by atoms with E-state index in [1.807, 2.05) is 6.08 Å². The van der Waals surface area contributed by atoms with Gasteiger partial charge in [0.15, 0.2) is 5.78 Å². The van der Waals surface area contributed by atoms with Gasteiger partial charge in [0, 0.05) is 29.1 Å². The molecule has 1 atom stereocenters. The lowest BCUT2D eigenvalue weighted by molar-refractivity contribution is -0.114. The number of nitrogens with one attached hydrogen (secondary N) is 2. The molecule has 114 valence electrons. The normalized spacial score (nSPS) is 19.9. The average molecular weight is 318 g/mol. The van der Waals surface area contributed by atoms with Crippen molar-refractivity contribution in [2.45, 2.75) is 18.2 Å². The van der Waals surface area contributed by atoms with Gasteiger partial charge in [0.1, 0.15) is 5.82 Å². The van der Waals surface area contributed by atoms with Crippen molar-refractivity contribution in [3.05, 3.63) is 58.4 Å². The van der Waals surface area contributed by atoms with Crippen LogP contribution in [0.3, 0.4) is 0 Å². The molecule has 1 heterocycles. The maximum absolute atomic E-state index is 12.8. The Labute approximate surface area is 131 Å². The summed E-state index contributed by atoms with van der Waals surface area (Å²) in [6.45, 7) is 0.513. The van der Waals surface area contributed by atoms with Gasteiger partial charge in [0.25, 0.3) is 5.91 Å². The summed E-state index contributed by atoms with van der Waals surface area (Å²) in [5.41, 5.74) is 1.46. The van der Waals surface area contributed by atoms with Gasteiger partial charge in [0.05, 0.1) is 5.37 Å². The summed E-state index contributed by atoms with van der Waals surface area (Å²) in [7, 11) is 0. The van der Waals surface area contributed by atoms with E-state index in [9.17, 15) is 14.0 Å². The van der Waals surface area contributed by atoms with Crippen LogP contribution in [0.4, 0.5) is 4.39 Å². The molecule has 0 saturated carbocycles. The molecule has 4 nitrogen and oxygen atoms in total. The molecule has 0 bridgehead atoms. The predicted molar refractivity (Wildman–Crippen MR) is 83.7 cm³/mol. The van der Waals surface area contributed by atoms with Crippen molar-refractivity contribution >= 4 is 23.5 Å². The number of carbonyl (C=O) groups is 2. The molecule has 1 aromatic carbocycles. The molecule has 0 fully saturated rings. The van der Waals surface area contributed by atoms with Crippen LogP contribution >= 0.6 is 11.8 Å². The molecule has 2 aliphatic rings. The van der Waals surface area contributed by atoms with Gasteiger partial charge >= 0.3 is 0 Å². The Bertz CT molecular complexity index is 667. The van der Waals surface area contributed by atoms with E-state index >= 15 is 0 Å². The summed E-state index contributed by atoms with van der Waals surface area (Å²) in [4.78, 5) is 24.3. The second kappa shape index (κ2) is 6.36. The molecule has 0 spiro atoms. The summed E-state index contributed by atoms with van der Waals surface area (Å²) in [5.74, 6) is -0.448. The van der Waals surface area contributed by atoms with Crippen molar-refractivity contribution in [1.29, 1.82) is 0 Å². The zero-order chi connectivity index (χ0) is 15.5. The number of thioether (sulfide) groups is 1. The van der Waals surface area contributed by atoms with Crippen molar-refractivity contribution < 1.29 is 14.0 Å². The van der Waals surface area contributed by atoms with E-state index < -0.39 is 0 Å². The Kier molecular flexibility index (Phi) is 4.29. The zero-order valence-electron chi connectivity index (χ0n) is 11.8. The second-order valence-corrected chi connectivity index (χ2v) is 6.41. The fourth-order valence-electron chi connectivity index (χ4n) is 2.34. The highest BCUT2D eigenvalue weighted by atomic mass is 32.2. The summed E-state index contributed by atoms with van der Waals surface area (Å²) in [6, 6.07) is 5.46. The van der Waals surface area contributed by atoms with Crippen LogP contribution in [0.5, 0.6) is 0 Å². The summed E-state index contributed by atoms with van der Waals surface area (Å²) >= 11 is 1.64. The molecular formula is C16H15FN2O2S. The van der Waals surface area contributed by atoms with Crippen LogP contribution in [0.25, 0.3) is 0 Å². The molecule has 22 heavy (non-hydrogen) atoms. The Balaban J connectivity index is 1.45. The average Bonchev–Trinajstić information content (AvgIpc) is 2.89. The third-order valence-corrected chi connectivity index (χ3v) is 4.76. The van der Waals surface area contributed by atoms with E-state index in [1.165, 1.54) is 24.3 Å². The molecule has 0 aromatic heterocycles. The van der Waals surface area contributed by atoms with Gasteiger partial charge in [-0.2, -0.15) is 0 Å². The van der Waals surface area contributed by atoms with E-state index in [0.717, 1.165) is 17.0 Å². The Morgan fingerprint density at radius 3 is 2.86 bits per heavy atom. The minimum absolute atomic E-state index is 0.123. The van der Waals surface area contributed by atoms with E-state index in [0.29, 0.717) is 18.5 Å². The quantitative estimate of drug-likeness (QED) is 0.895. The van der Waals surface area contributed by atoms with Gasteiger partial charge in [-0.25, -0.2) is 4.39 Å². The van der Waals surface area contributed by atoms with Gasteiger partial charge in [-0.05, 0) is 42.8 Å². The van der Waals surface area contributed by atoms with Gasteiger partial charge in [-0.1, -0.05) is 0 Å². The molecule has 3 rings (SSSR count). The molecule has 1 amide bonds. The highest BCUT2D eigenvalue weighted by Gasteiger charge is 2.26. The zero-order valence-corrected chi connectivity index (χ0v) is 12.6. The highest BCUT2D eigenvalue weighted by Crippen LogP contribution is 2.36. The molecule has 1 unspecified atom stereocenters. The number of amides is 1. The summed E-state index contributed by atoms with van der Waals surface area (Å²) < 4.78 is 12.8. The van der Waals surface area contributed by atoms with Gasteiger partial charge < -0.3 is 10.6 Å². The minimum Gasteiger partial charge on any atom is -0.372 e. The number of carbonyl (C=O) groups excluding carboxylic acids is 2. The maximum Gasteiger partial charge on any atom is 0.251 e. The third kappa shape index (κ3) is 3.39. The van der Waals surface area contributed by atoms with Crippen LogP contribution in [0.15, 0.2) is 47.0 Å². The molecule has 2 N–H and O–H groups in total. The predicted octanol–water partition coefficient (Wildman–Crippen LogP) is 2.35. The van der Waals surface area contributed by atoms with E-state index in [4.69, 9.17) is 0 Å². The van der Waals surface area contributed by atoms with E-state index in [2.05, 4.69) is 10.6 Å². The number of halogens is 1. The number of benzene rings is 1. The van der Waals surface area contributed by atoms with Crippen LogP contribution in [0.1, 0.15) is 23.2 Å². The van der Waals surface area contributed by atoms with E-state index in [-0.39, 0.29) is 22.9 Å². The highest BCUT2D eigenvalue weighted by molar-refractivity contribution is 8.03. The maximum atomic E-state index is 12.8. The van der Waals surface area contributed by atoms with Gasteiger partial charge in [-0.3, -0.25) is 9.59 Å². The fourth-order valence-corrected chi connectivity index (χ4v) is 3.59. The van der Waals surface area contributed by atoms with Gasteiger partial charge in [-0.15, -0.1) is 11.8 Å². The smallest absolute Gasteiger partial charge is 0.251 e. The number of hydrogen-bond donors (Lipinski definition) is 2. The fraction of sp³-hybridized carbons (Fsp3) is 0.250. The van der Waals surface area contributed by atoms with Crippen molar-refractivity contribution in [1.82, 2.24) is 10.6 Å². The summed E-state index contributed by atoms with van der Waals surface area (Å²) in [5, 5.41) is 6.32. The SMILES string of the molecule is O=C1C=CC2=C(C1)SC(CCNC(=O)c1ccc(F)cc1)N2. The molecular weight excluding hydrogens is 303 g/mol. The number of hydrogen-bond acceptors (Lipinski definition) is 4. The minimum atomic E-state index is -0.359. The molecule has 6 heteroatoms.